The van der Waals surface area contributed by atoms with Crippen molar-refractivity contribution in [1.29, 1.82) is 0 Å². The minimum absolute atomic E-state index is 0.133. The van der Waals surface area contributed by atoms with Crippen molar-refractivity contribution < 1.29 is 14.3 Å². The number of rotatable bonds is 9. The monoisotopic (exact) mass is 375 g/mol. The van der Waals surface area contributed by atoms with Crippen LogP contribution in [0.5, 0.6) is 5.75 Å². The van der Waals surface area contributed by atoms with Gasteiger partial charge in [-0.05, 0) is 50.8 Å². The average molecular weight is 376 g/mol. The molecule has 0 aromatic heterocycles. The van der Waals surface area contributed by atoms with Crippen LogP contribution in [0.15, 0.2) is 24.3 Å². The summed E-state index contributed by atoms with van der Waals surface area (Å²) in [5, 5.41) is 2.89. The number of para-hydroxylation sites is 2. The first kappa shape index (κ1) is 21.2. The number of ether oxygens (including phenoxy) is 1. The van der Waals surface area contributed by atoms with Crippen LogP contribution < -0.4 is 10.1 Å². The van der Waals surface area contributed by atoms with Crippen molar-refractivity contribution in [2.45, 2.75) is 52.0 Å². The molecule has 0 bridgehead atoms. The van der Waals surface area contributed by atoms with E-state index >= 15 is 0 Å². The molecule has 1 fully saturated rings. The number of piperidine rings is 1. The van der Waals surface area contributed by atoms with Gasteiger partial charge in [-0.15, -0.1) is 0 Å². The highest BCUT2D eigenvalue weighted by Crippen LogP contribution is 2.23. The third-order valence-corrected chi connectivity index (χ3v) is 5.07. The summed E-state index contributed by atoms with van der Waals surface area (Å²) in [6.07, 6.45) is 5.25. The third kappa shape index (κ3) is 6.24. The topological polar surface area (TPSA) is 61.9 Å². The highest BCUT2D eigenvalue weighted by atomic mass is 16.5. The lowest BCUT2D eigenvalue weighted by Crippen LogP contribution is -2.49. The summed E-state index contributed by atoms with van der Waals surface area (Å²) in [5.41, 5.74) is 0.648. The minimum atomic E-state index is -0.133. The van der Waals surface area contributed by atoms with E-state index in [1.807, 2.05) is 34.1 Å². The smallest absolute Gasteiger partial charge is 0.238 e. The van der Waals surface area contributed by atoms with Crippen LogP contribution in [-0.4, -0.2) is 60.9 Å². The van der Waals surface area contributed by atoms with Crippen molar-refractivity contribution in [2.75, 3.05) is 38.6 Å². The lowest BCUT2D eigenvalue weighted by Gasteiger charge is -2.36. The summed E-state index contributed by atoms with van der Waals surface area (Å²) in [6, 6.07) is 7.68. The van der Waals surface area contributed by atoms with Crippen LogP contribution in [0, 0.1) is 0 Å². The number of methoxy groups -OCH3 is 1. The van der Waals surface area contributed by atoms with Gasteiger partial charge >= 0.3 is 0 Å². The van der Waals surface area contributed by atoms with Gasteiger partial charge in [-0.2, -0.15) is 0 Å². The van der Waals surface area contributed by atoms with E-state index in [-0.39, 0.29) is 18.4 Å². The van der Waals surface area contributed by atoms with E-state index in [0.29, 0.717) is 24.0 Å². The van der Waals surface area contributed by atoms with Crippen LogP contribution in [0.25, 0.3) is 0 Å². The van der Waals surface area contributed by atoms with E-state index in [2.05, 4.69) is 19.2 Å². The molecule has 2 rings (SSSR count). The zero-order valence-corrected chi connectivity index (χ0v) is 16.9. The van der Waals surface area contributed by atoms with Crippen molar-refractivity contribution in [1.82, 2.24) is 9.80 Å². The number of amides is 2. The molecule has 1 aliphatic rings. The van der Waals surface area contributed by atoms with Crippen LogP contribution in [0.2, 0.25) is 0 Å². The van der Waals surface area contributed by atoms with Gasteiger partial charge < -0.3 is 15.0 Å². The first-order valence-corrected chi connectivity index (χ1v) is 10.0. The van der Waals surface area contributed by atoms with Crippen molar-refractivity contribution in [3.63, 3.8) is 0 Å². The normalized spacial score (nSPS) is 17.0. The van der Waals surface area contributed by atoms with Crippen LogP contribution in [0.1, 0.15) is 46.0 Å². The molecule has 27 heavy (non-hydrogen) atoms. The molecule has 1 unspecified atom stereocenters. The molecular formula is C21H33N3O3. The molecule has 0 saturated carbocycles. The molecule has 1 aliphatic heterocycles. The van der Waals surface area contributed by atoms with E-state index in [1.165, 1.54) is 6.42 Å². The van der Waals surface area contributed by atoms with E-state index < -0.39 is 0 Å². The zero-order chi connectivity index (χ0) is 19.6. The SMILES string of the molecule is CCCN(CC(=O)Nc1ccccc1OC)CC(=O)N1CCCCC1CC. The lowest BCUT2D eigenvalue weighted by atomic mass is 10.00. The fourth-order valence-corrected chi connectivity index (χ4v) is 3.71. The fraction of sp³-hybridized carbons (Fsp3) is 0.619. The number of hydrogen-bond acceptors (Lipinski definition) is 4. The Kier molecular flexibility index (Phi) is 8.58. The molecule has 1 aromatic rings. The predicted molar refractivity (Wildman–Crippen MR) is 108 cm³/mol. The summed E-state index contributed by atoms with van der Waals surface area (Å²) >= 11 is 0. The standard InChI is InChI=1S/C21H33N3O3/c1-4-13-23(16-21(26)24-14-9-8-10-17(24)5-2)15-20(25)22-18-11-6-7-12-19(18)27-3/h6-7,11-12,17H,4-5,8-10,13-16H2,1-3H3,(H,22,25). The molecule has 1 atom stereocenters. The highest BCUT2D eigenvalue weighted by molar-refractivity contribution is 5.94. The van der Waals surface area contributed by atoms with Gasteiger partial charge in [-0.1, -0.05) is 26.0 Å². The maximum atomic E-state index is 12.8. The second-order valence-electron chi connectivity index (χ2n) is 7.10. The number of nitrogens with one attached hydrogen (secondary N) is 1. The van der Waals surface area contributed by atoms with Gasteiger partial charge in [0.15, 0.2) is 0 Å². The van der Waals surface area contributed by atoms with E-state index in [1.54, 1.807) is 7.11 Å². The van der Waals surface area contributed by atoms with Gasteiger partial charge in [0.25, 0.3) is 0 Å². The zero-order valence-electron chi connectivity index (χ0n) is 16.9. The molecule has 1 saturated heterocycles. The maximum Gasteiger partial charge on any atom is 0.238 e. The van der Waals surface area contributed by atoms with Gasteiger partial charge in [0.1, 0.15) is 5.75 Å². The molecular weight excluding hydrogens is 342 g/mol. The first-order valence-electron chi connectivity index (χ1n) is 10.0. The number of benzene rings is 1. The first-order chi connectivity index (χ1) is 13.1. The Balaban J connectivity index is 1.95. The molecule has 1 heterocycles. The molecule has 6 heteroatoms. The second-order valence-corrected chi connectivity index (χ2v) is 7.10. The van der Waals surface area contributed by atoms with Crippen molar-refractivity contribution in [2.24, 2.45) is 0 Å². The average Bonchev–Trinajstić information content (AvgIpc) is 2.68. The molecule has 2 amide bonds. The van der Waals surface area contributed by atoms with Crippen LogP contribution in [0.3, 0.4) is 0 Å². The van der Waals surface area contributed by atoms with Gasteiger partial charge in [-0.3, -0.25) is 14.5 Å². The number of nitrogens with zero attached hydrogens (tertiary/aromatic N) is 2. The molecule has 0 aliphatic carbocycles. The summed E-state index contributed by atoms with van der Waals surface area (Å²) in [5.74, 6) is 0.634. The Labute approximate surface area is 162 Å². The minimum Gasteiger partial charge on any atom is -0.495 e. The number of carbonyl (C=O) groups excluding carboxylic acids is 2. The predicted octanol–water partition coefficient (Wildman–Crippen LogP) is 3.14. The fourth-order valence-electron chi connectivity index (χ4n) is 3.71. The van der Waals surface area contributed by atoms with Gasteiger partial charge in [0.2, 0.25) is 11.8 Å². The van der Waals surface area contributed by atoms with E-state index in [0.717, 1.165) is 38.8 Å². The summed E-state index contributed by atoms with van der Waals surface area (Å²) in [7, 11) is 1.58. The Morgan fingerprint density at radius 2 is 2.00 bits per heavy atom. The lowest BCUT2D eigenvalue weighted by molar-refractivity contribution is -0.136. The summed E-state index contributed by atoms with van der Waals surface area (Å²) in [4.78, 5) is 29.3. The van der Waals surface area contributed by atoms with Crippen molar-refractivity contribution in [3.05, 3.63) is 24.3 Å². The Bertz CT molecular complexity index is 620. The van der Waals surface area contributed by atoms with Crippen LogP contribution >= 0.6 is 0 Å². The van der Waals surface area contributed by atoms with E-state index in [4.69, 9.17) is 4.74 Å². The maximum absolute atomic E-state index is 12.8. The quantitative estimate of drug-likeness (QED) is 0.720. The van der Waals surface area contributed by atoms with Gasteiger partial charge in [-0.25, -0.2) is 0 Å². The van der Waals surface area contributed by atoms with Gasteiger partial charge in [0.05, 0.1) is 25.9 Å². The molecule has 0 spiro atoms. The summed E-state index contributed by atoms with van der Waals surface area (Å²) in [6.45, 7) is 6.25. The molecule has 1 N–H and O–H groups in total. The Hall–Kier alpha value is -2.08. The number of anilines is 1. The Morgan fingerprint density at radius 3 is 2.70 bits per heavy atom. The number of likely N-dealkylation sites (tertiary alicyclic amines) is 1. The molecule has 150 valence electrons. The molecule has 0 radical (unpaired) electrons. The largest absolute Gasteiger partial charge is 0.495 e. The second kappa shape index (κ2) is 10.9. The van der Waals surface area contributed by atoms with E-state index in [9.17, 15) is 9.59 Å². The van der Waals surface area contributed by atoms with Crippen LogP contribution in [-0.2, 0) is 9.59 Å². The molecule has 1 aromatic carbocycles. The van der Waals surface area contributed by atoms with Crippen molar-refractivity contribution in [3.8, 4) is 5.75 Å². The third-order valence-electron chi connectivity index (χ3n) is 5.07. The van der Waals surface area contributed by atoms with Gasteiger partial charge in [0, 0.05) is 12.6 Å². The molecule has 6 nitrogen and oxygen atoms in total. The van der Waals surface area contributed by atoms with Crippen LogP contribution in [0.4, 0.5) is 5.69 Å². The number of hydrogen-bond donors (Lipinski definition) is 1. The highest BCUT2D eigenvalue weighted by Gasteiger charge is 2.26. The summed E-state index contributed by atoms with van der Waals surface area (Å²) < 4.78 is 5.28. The Morgan fingerprint density at radius 1 is 1.22 bits per heavy atom. The van der Waals surface area contributed by atoms with Crippen molar-refractivity contribution >= 4 is 17.5 Å². The number of carbonyl (C=O) groups is 2.